The van der Waals surface area contributed by atoms with E-state index in [1.165, 1.54) is 30.6 Å². The summed E-state index contributed by atoms with van der Waals surface area (Å²) in [7, 11) is 0. The van der Waals surface area contributed by atoms with E-state index in [2.05, 4.69) is 42.0 Å². The SMILES string of the molecule is CCNCc1cnccc1N(CC1CC1)C(C)C. The van der Waals surface area contributed by atoms with E-state index < -0.39 is 0 Å². The second kappa shape index (κ2) is 6.19. The van der Waals surface area contributed by atoms with Crippen molar-refractivity contribution in [2.45, 2.75) is 46.2 Å². The molecule has 0 amide bonds. The molecule has 0 bridgehead atoms. The number of nitrogens with zero attached hydrogens (tertiary/aromatic N) is 2. The lowest BCUT2D eigenvalue weighted by atomic mass is 10.1. The predicted molar refractivity (Wildman–Crippen MR) is 76.8 cm³/mol. The molecule has 1 fully saturated rings. The van der Waals surface area contributed by atoms with Gasteiger partial charge >= 0.3 is 0 Å². The first-order valence-corrected chi connectivity index (χ1v) is 7.12. The van der Waals surface area contributed by atoms with Crippen LogP contribution in [0.2, 0.25) is 0 Å². The molecule has 18 heavy (non-hydrogen) atoms. The third-order valence-electron chi connectivity index (χ3n) is 3.53. The molecule has 0 saturated heterocycles. The van der Waals surface area contributed by atoms with Gasteiger partial charge in [0.05, 0.1) is 0 Å². The van der Waals surface area contributed by atoms with Crippen molar-refractivity contribution < 1.29 is 0 Å². The minimum absolute atomic E-state index is 0.549. The van der Waals surface area contributed by atoms with Gasteiger partial charge in [0, 0.05) is 42.8 Å². The van der Waals surface area contributed by atoms with E-state index in [0.29, 0.717) is 6.04 Å². The second-order valence-electron chi connectivity index (χ2n) is 5.47. The Morgan fingerprint density at radius 1 is 1.44 bits per heavy atom. The van der Waals surface area contributed by atoms with Crippen LogP contribution in [0.1, 0.15) is 39.2 Å². The minimum Gasteiger partial charge on any atom is -0.368 e. The number of rotatable bonds is 7. The number of hydrogen-bond acceptors (Lipinski definition) is 3. The topological polar surface area (TPSA) is 28.2 Å². The van der Waals surface area contributed by atoms with Gasteiger partial charge in [0.15, 0.2) is 0 Å². The van der Waals surface area contributed by atoms with Gasteiger partial charge in [-0.2, -0.15) is 0 Å². The normalized spacial score (nSPS) is 15.1. The van der Waals surface area contributed by atoms with Gasteiger partial charge in [-0.15, -0.1) is 0 Å². The van der Waals surface area contributed by atoms with Gasteiger partial charge in [-0.3, -0.25) is 4.98 Å². The zero-order chi connectivity index (χ0) is 13.0. The Bertz CT molecular complexity index is 372. The minimum atomic E-state index is 0.549. The maximum absolute atomic E-state index is 4.27. The van der Waals surface area contributed by atoms with Gasteiger partial charge < -0.3 is 10.2 Å². The maximum Gasteiger partial charge on any atom is 0.0445 e. The van der Waals surface area contributed by atoms with Gasteiger partial charge in [0.2, 0.25) is 0 Å². The van der Waals surface area contributed by atoms with Crippen molar-refractivity contribution in [2.75, 3.05) is 18.0 Å². The molecule has 3 heteroatoms. The fourth-order valence-corrected chi connectivity index (χ4v) is 2.26. The Kier molecular flexibility index (Phi) is 4.59. The van der Waals surface area contributed by atoms with E-state index in [0.717, 1.165) is 19.0 Å². The summed E-state index contributed by atoms with van der Waals surface area (Å²) in [6.45, 7) is 9.80. The Morgan fingerprint density at radius 2 is 2.22 bits per heavy atom. The van der Waals surface area contributed by atoms with Crippen LogP contribution in [0.15, 0.2) is 18.5 Å². The maximum atomic E-state index is 4.27. The van der Waals surface area contributed by atoms with Gasteiger partial charge in [-0.25, -0.2) is 0 Å². The molecule has 1 aromatic heterocycles. The van der Waals surface area contributed by atoms with Crippen LogP contribution in [-0.2, 0) is 6.54 Å². The number of aromatic nitrogens is 1. The van der Waals surface area contributed by atoms with Gasteiger partial charge in [-0.1, -0.05) is 6.92 Å². The highest BCUT2D eigenvalue weighted by molar-refractivity contribution is 5.53. The van der Waals surface area contributed by atoms with Gasteiger partial charge in [0.1, 0.15) is 0 Å². The number of pyridine rings is 1. The predicted octanol–water partition coefficient (Wildman–Crippen LogP) is 2.82. The molecule has 1 saturated carbocycles. The first-order valence-electron chi connectivity index (χ1n) is 7.12. The molecule has 0 unspecified atom stereocenters. The van der Waals surface area contributed by atoms with Crippen molar-refractivity contribution in [2.24, 2.45) is 5.92 Å². The molecule has 0 aliphatic heterocycles. The molecule has 1 aliphatic carbocycles. The van der Waals surface area contributed by atoms with Crippen molar-refractivity contribution in [3.8, 4) is 0 Å². The second-order valence-corrected chi connectivity index (χ2v) is 5.47. The van der Waals surface area contributed by atoms with Gasteiger partial charge in [0.25, 0.3) is 0 Å². The summed E-state index contributed by atoms with van der Waals surface area (Å²) in [5.41, 5.74) is 2.67. The molecule has 2 rings (SSSR count). The van der Waals surface area contributed by atoms with E-state index in [4.69, 9.17) is 0 Å². The quantitative estimate of drug-likeness (QED) is 0.803. The third kappa shape index (κ3) is 3.45. The average Bonchev–Trinajstić information content (AvgIpc) is 3.17. The monoisotopic (exact) mass is 247 g/mol. The van der Waals surface area contributed by atoms with E-state index in [-0.39, 0.29) is 0 Å². The summed E-state index contributed by atoms with van der Waals surface area (Å²) in [5.74, 6) is 0.910. The van der Waals surface area contributed by atoms with Crippen LogP contribution in [0.5, 0.6) is 0 Å². The summed E-state index contributed by atoms with van der Waals surface area (Å²) in [5, 5.41) is 3.40. The van der Waals surface area contributed by atoms with E-state index in [9.17, 15) is 0 Å². The summed E-state index contributed by atoms with van der Waals surface area (Å²) in [6, 6.07) is 2.71. The van der Waals surface area contributed by atoms with Crippen LogP contribution < -0.4 is 10.2 Å². The van der Waals surface area contributed by atoms with Crippen LogP contribution in [0.3, 0.4) is 0 Å². The van der Waals surface area contributed by atoms with Crippen LogP contribution >= 0.6 is 0 Å². The van der Waals surface area contributed by atoms with Crippen LogP contribution in [0.25, 0.3) is 0 Å². The standard InChI is InChI=1S/C15H25N3/c1-4-16-9-14-10-17-8-7-15(14)18(12(2)3)11-13-5-6-13/h7-8,10,12-13,16H,4-6,9,11H2,1-3H3. The van der Waals surface area contributed by atoms with Gasteiger partial charge in [-0.05, 0) is 45.2 Å². The molecule has 100 valence electrons. The Balaban J connectivity index is 2.16. The molecular weight excluding hydrogens is 222 g/mol. The van der Waals surface area contributed by atoms with Crippen LogP contribution in [-0.4, -0.2) is 24.1 Å². The Morgan fingerprint density at radius 3 is 2.83 bits per heavy atom. The first kappa shape index (κ1) is 13.3. The smallest absolute Gasteiger partial charge is 0.0445 e. The molecule has 1 heterocycles. The molecule has 1 aliphatic rings. The highest BCUT2D eigenvalue weighted by atomic mass is 15.2. The first-order chi connectivity index (χ1) is 8.72. The van der Waals surface area contributed by atoms with Crippen molar-refractivity contribution in [3.05, 3.63) is 24.0 Å². The van der Waals surface area contributed by atoms with E-state index >= 15 is 0 Å². The largest absolute Gasteiger partial charge is 0.368 e. The number of nitrogens with one attached hydrogen (secondary N) is 1. The molecule has 0 spiro atoms. The van der Waals surface area contributed by atoms with E-state index in [1.54, 1.807) is 0 Å². The summed E-state index contributed by atoms with van der Waals surface area (Å²) < 4.78 is 0. The third-order valence-corrected chi connectivity index (χ3v) is 3.53. The molecular formula is C15H25N3. The highest BCUT2D eigenvalue weighted by Crippen LogP contribution is 2.33. The zero-order valence-electron chi connectivity index (χ0n) is 11.8. The molecule has 1 aromatic rings. The van der Waals surface area contributed by atoms with E-state index in [1.807, 2.05) is 12.4 Å². The average molecular weight is 247 g/mol. The fourth-order valence-electron chi connectivity index (χ4n) is 2.26. The van der Waals surface area contributed by atoms with Crippen molar-refractivity contribution in [3.63, 3.8) is 0 Å². The molecule has 0 aromatic carbocycles. The Labute approximate surface area is 111 Å². The summed E-state index contributed by atoms with van der Waals surface area (Å²) in [6.07, 6.45) is 6.71. The lowest BCUT2D eigenvalue weighted by Crippen LogP contribution is -2.34. The summed E-state index contributed by atoms with van der Waals surface area (Å²) in [4.78, 5) is 6.80. The van der Waals surface area contributed by atoms with Crippen molar-refractivity contribution in [1.29, 1.82) is 0 Å². The zero-order valence-corrected chi connectivity index (χ0v) is 11.8. The molecule has 1 N–H and O–H groups in total. The van der Waals surface area contributed by atoms with Crippen LogP contribution in [0.4, 0.5) is 5.69 Å². The molecule has 0 radical (unpaired) electrons. The lowest BCUT2D eigenvalue weighted by molar-refractivity contribution is 0.635. The summed E-state index contributed by atoms with van der Waals surface area (Å²) >= 11 is 0. The van der Waals surface area contributed by atoms with Crippen molar-refractivity contribution in [1.82, 2.24) is 10.3 Å². The van der Waals surface area contributed by atoms with Crippen molar-refractivity contribution >= 4 is 5.69 Å². The fraction of sp³-hybridized carbons (Fsp3) is 0.667. The number of anilines is 1. The lowest BCUT2D eigenvalue weighted by Gasteiger charge is -2.31. The molecule has 0 atom stereocenters. The number of hydrogen-bond donors (Lipinski definition) is 1. The van der Waals surface area contributed by atoms with Crippen LogP contribution in [0, 0.1) is 5.92 Å². The molecule has 3 nitrogen and oxygen atoms in total. The highest BCUT2D eigenvalue weighted by Gasteiger charge is 2.26. The Hall–Kier alpha value is -1.09.